The summed E-state index contributed by atoms with van der Waals surface area (Å²) < 4.78 is 0. The van der Waals surface area contributed by atoms with Crippen LogP contribution in [0.1, 0.15) is 5.56 Å². The lowest BCUT2D eigenvalue weighted by molar-refractivity contribution is 1.08. The van der Waals surface area contributed by atoms with Crippen molar-refractivity contribution in [3.63, 3.8) is 0 Å². The Morgan fingerprint density at radius 2 is 2.18 bits per heavy atom. The van der Waals surface area contributed by atoms with Gasteiger partial charge in [-0.2, -0.15) is 0 Å². The van der Waals surface area contributed by atoms with Gasteiger partial charge in [0.25, 0.3) is 0 Å². The molecule has 0 aliphatic carbocycles. The number of nitrogens with two attached hydrogens (primary N) is 2. The van der Waals surface area contributed by atoms with E-state index in [-0.39, 0.29) is 0 Å². The molecule has 3 nitrogen and oxygen atoms in total. The highest BCUT2D eigenvalue weighted by atomic mass is 14.7. The van der Waals surface area contributed by atoms with Crippen molar-refractivity contribution in [1.29, 1.82) is 0 Å². The van der Waals surface area contributed by atoms with Gasteiger partial charge < -0.3 is 11.5 Å². The molecule has 4 N–H and O–H groups in total. The largest absolute Gasteiger partial charge is 0.399 e. The topological polar surface area (TPSA) is 56.4 Å². The van der Waals surface area contributed by atoms with Gasteiger partial charge in [-0.25, -0.2) is 4.85 Å². The van der Waals surface area contributed by atoms with E-state index in [4.69, 9.17) is 18.0 Å². The summed E-state index contributed by atoms with van der Waals surface area (Å²) in [6, 6.07) is 5.10. The van der Waals surface area contributed by atoms with E-state index < -0.39 is 0 Å². The highest BCUT2D eigenvalue weighted by Gasteiger charge is 1.97. The lowest BCUT2D eigenvalue weighted by Gasteiger charge is -2.01. The molecule has 0 bridgehead atoms. The molecule has 56 valence electrons. The third-order valence-electron chi connectivity index (χ3n) is 1.48. The maximum atomic E-state index is 6.73. The fourth-order valence-electron chi connectivity index (χ4n) is 0.838. The molecule has 0 aromatic heterocycles. The van der Waals surface area contributed by atoms with Gasteiger partial charge in [-0.15, -0.1) is 0 Å². The summed E-state index contributed by atoms with van der Waals surface area (Å²) in [6.45, 7) is 7.11. The van der Waals surface area contributed by atoms with Gasteiger partial charge in [-0.05, 0) is 11.6 Å². The summed E-state index contributed by atoms with van der Waals surface area (Å²) in [6.07, 6.45) is 0. The lowest BCUT2D eigenvalue weighted by Crippen LogP contribution is -2.00. The molecule has 1 aromatic carbocycles. The SMILES string of the molecule is [C-]#[N+]c1ccc(N)c(CN)c1. The Bertz CT molecular complexity index is 299. The summed E-state index contributed by atoms with van der Waals surface area (Å²) in [5.74, 6) is 0. The van der Waals surface area contributed by atoms with Crippen LogP contribution in [0.25, 0.3) is 4.85 Å². The average Bonchev–Trinajstić information content (AvgIpc) is 2.05. The van der Waals surface area contributed by atoms with E-state index in [1.54, 1.807) is 18.2 Å². The van der Waals surface area contributed by atoms with Gasteiger partial charge in [0.2, 0.25) is 0 Å². The molecule has 0 unspecified atom stereocenters. The minimum absolute atomic E-state index is 0.384. The van der Waals surface area contributed by atoms with Gasteiger partial charge in [-0.3, -0.25) is 0 Å². The Morgan fingerprint density at radius 1 is 1.45 bits per heavy atom. The minimum Gasteiger partial charge on any atom is -0.399 e. The maximum Gasteiger partial charge on any atom is 0.187 e. The van der Waals surface area contributed by atoms with Crippen LogP contribution in [-0.2, 0) is 6.54 Å². The zero-order valence-electron chi connectivity index (χ0n) is 6.04. The highest BCUT2D eigenvalue weighted by Crippen LogP contribution is 2.19. The van der Waals surface area contributed by atoms with E-state index >= 15 is 0 Å². The number of anilines is 1. The minimum atomic E-state index is 0.384. The standard InChI is InChI=1S/C8H9N3/c1-11-7-2-3-8(10)6(4-7)5-9/h2-4H,5,9-10H2. The Balaban J connectivity index is 3.15. The Hall–Kier alpha value is -1.53. The Kier molecular flexibility index (Phi) is 2.09. The molecule has 0 saturated carbocycles. The highest BCUT2D eigenvalue weighted by molar-refractivity contribution is 5.57. The van der Waals surface area contributed by atoms with Gasteiger partial charge in [0, 0.05) is 12.2 Å². The van der Waals surface area contributed by atoms with Crippen LogP contribution in [0.3, 0.4) is 0 Å². The summed E-state index contributed by atoms with van der Waals surface area (Å²) in [5, 5.41) is 0. The molecule has 0 saturated heterocycles. The van der Waals surface area contributed by atoms with Crippen LogP contribution in [0, 0.1) is 6.57 Å². The molecule has 0 radical (unpaired) electrons. The molecular formula is C8H9N3. The maximum absolute atomic E-state index is 6.73. The molecule has 0 fully saturated rings. The first kappa shape index (κ1) is 7.58. The van der Waals surface area contributed by atoms with Crippen molar-refractivity contribution in [3.8, 4) is 0 Å². The first-order valence-corrected chi connectivity index (χ1v) is 3.24. The van der Waals surface area contributed by atoms with E-state index in [1.807, 2.05) is 0 Å². The predicted molar refractivity (Wildman–Crippen MR) is 45.0 cm³/mol. The number of nitrogens with zero attached hydrogens (tertiary/aromatic N) is 1. The Labute approximate surface area is 65.4 Å². The van der Waals surface area contributed by atoms with Crippen molar-refractivity contribution in [1.82, 2.24) is 0 Å². The van der Waals surface area contributed by atoms with Crippen LogP contribution in [0.2, 0.25) is 0 Å². The molecule has 1 rings (SSSR count). The van der Waals surface area contributed by atoms with Crippen molar-refractivity contribution in [2.75, 3.05) is 5.73 Å². The van der Waals surface area contributed by atoms with Gasteiger partial charge in [0.05, 0.1) is 6.57 Å². The lowest BCUT2D eigenvalue weighted by atomic mass is 10.1. The number of rotatable bonds is 1. The van der Waals surface area contributed by atoms with Crippen molar-refractivity contribution < 1.29 is 0 Å². The van der Waals surface area contributed by atoms with Crippen LogP contribution in [0.4, 0.5) is 11.4 Å². The van der Waals surface area contributed by atoms with Crippen LogP contribution < -0.4 is 11.5 Å². The van der Waals surface area contributed by atoms with E-state index in [9.17, 15) is 0 Å². The second-order valence-corrected chi connectivity index (χ2v) is 2.20. The number of hydrogen-bond donors (Lipinski definition) is 2. The molecule has 0 atom stereocenters. The fourth-order valence-corrected chi connectivity index (χ4v) is 0.838. The van der Waals surface area contributed by atoms with Crippen LogP contribution >= 0.6 is 0 Å². The molecule has 1 aromatic rings. The van der Waals surface area contributed by atoms with Crippen molar-refractivity contribution in [2.24, 2.45) is 5.73 Å². The molecule has 0 aliphatic heterocycles. The van der Waals surface area contributed by atoms with Gasteiger partial charge in [0.1, 0.15) is 0 Å². The molecule has 0 amide bonds. The average molecular weight is 147 g/mol. The van der Waals surface area contributed by atoms with E-state index in [2.05, 4.69) is 4.85 Å². The van der Waals surface area contributed by atoms with Gasteiger partial charge in [0.15, 0.2) is 5.69 Å². The van der Waals surface area contributed by atoms with E-state index in [1.165, 1.54) is 0 Å². The van der Waals surface area contributed by atoms with Gasteiger partial charge >= 0.3 is 0 Å². The number of benzene rings is 1. The predicted octanol–water partition coefficient (Wildman–Crippen LogP) is 1.28. The number of hydrogen-bond acceptors (Lipinski definition) is 2. The number of nitrogen functional groups attached to an aromatic ring is 1. The fraction of sp³-hybridized carbons (Fsp3) is 0.125. The zero-order valence-corrected chi connectivity index (χ0v) is 6.04. The van der Waals surface area contributed by atoms with Crippen molar-refractivity contribution >= 4 is 11.4 Å². The van der Waals surface area contributed by atoms with Crippen LogP contribution in [-0.4, -0.2) is 0 Å². The summed E-state index contributed by atoms with van der Waals surface area (Å²) >= 11 is 0. The summed E-state index contributed by atoms with van der Waals surface area (Å²) in [7, 11) is 0. The third kappa shape index (κ3) is 1.48. The molecule has 3 heteroatoms. The van der Waals surface area contributed by atoms with Crippen molar-refractivity contribution in [3.05, 3.63) is 35.2 Å². The quantitative estimate of drug-likeness (QED) is 0.464. The van der Waals surface area contributed by atoms with Crippen LogP contribution in [0.5, 0.6) is 0 Å². The second-order valence-electron chi connectivity index (χ2n) is 2.20. The summed E-state index contributed by atoms with van der Waals surface area (Å²) in [5.41, 5.74) is 13.0. The first-order valence-electron chi connectivity index (χ1n) is 3.24. The monoisotopic (exact) mass is 147 g/mol. The molecular weight excluding hydrogens is 138 g/mol. The van der Waals surface area contributed by atoms with E-state index in [0.29, 0.717) is 17.9 Å². The zero-order chi connectivity index (χ0) is 8.27. The molecule has 11 heavy (non-hydrogen) atoms. The third-order valence-corrected chi connectivity index (χ3v) is 1.48. The van der Waals surface area contributed by atoms with Crippen molar-refractivity contribution in [2.45, 2.75) is 6.54 Å². The van der Waals surface area contributed by atoms with E-state index in [0.717, 1.165) is 5.56 Å². The van der Waals surface area contributed by atoms with Crippen LogP contribution in [0.15, 0.2) is 18.2 Å². The normalized spacial score (nSPS) is 9.09. The first-order chi connectivity index (χ1) is 5.27. The molecule has 0 spiro atoms. The smallest absolute Gasteiger partial charge is 0.187 e. The second kappa shape index (κ2) is 3.04. The van der Waals surface area contributed by atoms with Gasteiger partial charge in [-0.1, -0.05) is 12.1 Å². The summed E-state index contributed by atoms with van der Waals surface area (Å²) in [4.78, 5) is 3.26. The molecule has 0 heterocycles. The molecule has 0 aliphatic rings. The Morgan fingerprint density at radius 3 is 2.73 bits per heavy atom.